The van der Waals surface area contributed by atoms with Crippen molar-refractivity contribution in [3.05, 3.63) is 23.8 Å². The molecular weight excluding hydrogens is 188 g/mol. The fourth-order valence-electron chi connectivity index (χ4n) is 0.989. The van der Waals surface area contributed by atoms with Crippen LogP contribution in [0.15, 0.2) is 28.2 Å². The predicted octanol–water partition coefficient (Wildman–Crippen LogP) is 0.761. The molecule has 1 atom stereocenters. The number of carbonyl (C=O) groups excluding carboxylic acids is 1. The van der Waals surface area contributed by atoms with E-state index < -0.39 is 15.8 Å². The van der Waals surface area contributed by atoms with Crippen molar-refractivity contribution < 1.29 is 9.00 Å². The third-order valence-corrected chi connectivity index (χ3v) is 2.03. The van der Waals surface area contributed by atoms with Gasteiger partial charge in [0.2, 0.25) is 0 Å². The number of carbonyl (C=O) groups is 1. The molecule has 1 amide bonds. The number of hydrogen-bond donors (Lipinski definition) is 1. The Morgan fingerprint density at radius 2 is 2.31 bits per heavy atom. The van der Waals surface area contributed by atoms with E-state index in [1.54, 1.807) is 12.2 Å². The summed E-state index contributed by atoms with van der Waals surface area (Å²) in [6.45, 7) is 0. The van der Waals surface area contributed by atoms with Gasteiger partial charge in [0.15, 0.2) is 0 Å². The molecule has 0 saturated carbocycles. The van der Waals surface area contributed by atoms with Crippen molar-refractivity contribution in [3.8, 4) is 0 Å². The minimum absolute atomic E-state index is 0.478. The summed E-state index contributed by atoms with van der Waals surface area (Å²) in [7, 11) is -2.82. The van der Waals surface area contributed by atoms with E-state index >= 15 is 0 Å². The molecule has 0 saturated heterocycles. The Kier molecular flexibility index (Phi) is 3.00. The number of hydrogen-bond acceptors (Lipinski definition) is 2. The lowest BCUT2D eigenvalue weighted by atomic mass is 10.1. The Balaban J connectivity index is 2.87. The third kappa shape index (κ3) is 3.52. The topological polar surface area (TPSA) is 72.5 Å². The highest BCUT2D eigenvalue weighted by molar-refractivity contribution is 7.91. The molecule has 4 nitrogen and oxygen atoms in total. The van der Waals surface area contributed by atoms with Crippen LogP contribution in [0.5, 0.6) is 0 Å². The van der Waals surface area contributed by atoms with E-state index in [1.807, 2.05) is 6.08 Å². The predicted molar refractivity (Wildman–Crippen MR) is 52.1 cm³/mol. The highest BCUT2D eigenvalue weighted by atomic mass is 32.2. The molecule has 0 bridgehead atoms. The van der Waals surface area contributed by atoms with Gasteiger partial charge < -0.3 is 0 Å². The third-order valence-electron chi connectivity index (χ3n) is 1.51. The molecule has 0 aromatic heterocycles. The van der Waals surface area contributed by atoms with Crippen LogP contribution < -0.4 is 5.14 Å². The SMILES string of the molecule is CS(N)(=O)=NC(=O)C1=CCCC=C1. The fraction of sp³-hybridized carbons (Fsp3) is 0.375. The molecule has 2 N–H and O–H groups in total. The van der Waals surface area contributed by atoms with Crippen LogP contribution in [0, 0.1) is 0 Å². The van der Waals surface area contributed by atoms with Crippen LogP contribution in [-0.4, -0.2) is 16.4 Å². The first-order valence-corrected chi connectivity index (χ1v) is 5.88. The van der Waals surface area contributed by atoms with Crippen LogP contribution in [0.2, 0.25) is 0 Å². The number of nitrogens with two attached hydrogens (primary N) is 1. The normalized spacial score (nSPS) is 20.3. The number of amides is 1. The molecule has 5 heteroatoms. The maximum atomic E-state index is 11.3. The number of rotatable bonds is 1. The van der Waals surface area contributed by atoms with Crippen molar-refractivity contribution in [2.24, 2.45) is 9.50 Å². The molecule has 1 aliphatic rings. The van der Waals surface area contributed by atoms with Gasteiger partial charge in [-0.05, 0) is 12.8 Å². The second-order valence-corrected chi connectivity index (χ2v) is 4.80. The van der Waals surface area contributed by atoms with Gasteiger partial charge in [0.05, 0.1) is 0 Å². The van der Waals surface area contributed by atoms with E-state index in [0.29, 0.717) is 5.57 Å². The lowest BCUT2D eigenvalue weighted by Crippen LogP contribution is -2.12. The molecule has 0 aromatic rings. The van der Waals surface area contributed by atoms with Crippen molar-refractivity contribution in [2.45, 2.75) is 12.8 Å². The van der Waals surface area contributed by atoms with Crippen LogP contribution in [0.25, 0.3) is 0 Å². The standard InChI is InChI=1S/C8H12N2O2S/c1-13(9,12)10-8(11)7-5-3-2-4-6-7/h3,5-6H,2,4H2,1H3,(H2,9,10,11,12). The molecule has 0 aromatic carbocycles. The zero-order valence-corrected chi connectivity index (χ0v) is 8.21. The van der Waals surface area contributed by atoms with E-state index in [2.05, 4.69) is 4.36 Å². The maximum absolute atomic E-state index is 11.3. The van der Waals surface area contributed by atoms with E-state index in [-0.39, 0.29) is 0 Å². The van der Waals surface area contributed by atoms with Gasteiger partial charge in [0.1, 0.15) is 9.92 Å². The summed E-state index contributed by atoms with van der Waals surface area (Å²) in [6.07, 6.45) is 8.33. The fourth-order valence-corrected chi connectivity index (χ4v) is 1.42. The first-order chi connectivity index (χ1) is 5.99. The molecule has 1 rings (SSSR count). The molecule has 0 spiro atoms. The molecular formula is C8H12N2O2S. The zero-order chi connectivity index (χ0) is 9.90. The number of allylic oxidation sites excluding steroid dienone is 2. The van der Waals surface area contributed by atoms with Crippen LogP contribution >= 0.6 is 0 Å². The monoisotopic (exact) mass is 200 g/mol. The van der Waals surface area contributed by atoms with Crippen LogP contribution in [0.4, 0.5) is 0 Å². The van der Waals surface area contributed by atoms with Gasteiger partial charge in [0, 0.05) is 11.8 Å². The molecule has 0 heterocycles. The van der Waals surface area contributed by atoms with Crippen LogP contribution in [0.3, 0.4) is 0 Å². The van der Waals surface area contributed by atoms with Crippen molar-refractivity contribution in [2.75, 3.05) is 6.26 Å². The second kappa shape index (κ2) is 3.85. The average molecular weight is 200 g/mol. The van der Waals surface area contributed by atoms with Gasteiger partial charge in [-0.15, -0.1) is 4.36 Å². The highest BCUT2D eigenvalue weighted by Crippen LogP contribution is 2.11. The first-order valence-electron chi connectivity index (χ1n) is 3.90. The summed E-state index contributed by atoms with van der Waals surface area (Å²) < 4.78 is 14.4. The van der Waals surface area contributed by atoms with Crippen LogP contribution in [0.1, 0.15) is 12.8 Å². The summed E-state index contributed by atoms with van der Waals surface area (Å²) in [5.74, 6) is -0.494. The maximum Gasteiger partial charge on any atom is 0.285 e. The molecule has 13 heavy (non-hydrogen) atoms. The van der Waals surface area contributed by atoms with Gasteiger partial charge in [0.25, 0.3) is 5.91 Å². The minimum atomic E-state index is -2.82. The van der Waals surface area contributed by atoms with Crippen LogP contribution in [-0.2, 0) is 14.7 Å². The Morgan fingerprint density at radius 1 is 1.62 bits per heavy atom. The largest absolute Gasteiger partial charge is 0.285 e. The van der Waals surface area contributed by atoms with Gasteiger partial charge in [-0.3, -0.25) is 4.79 Å². The quantitative estimate of drug-likeness (QED) is 0.678. The molecule has 0 aliphatic heterocycles. The van der Waals surface area contributed by atoms with Gasteiger partial charge >= 0.3 is 0 Å². The van der Waals surface area contributed by atoms with Crippen molar-refractivity contribution in [1.29, 1.82) is 0 Å². The highest BCUT2D eigenvalue weighted by Gasteiger charge is 2.08. The van der Waals surface area contributed by atoms with Gasteiger partial charge in [-0.2, -0.15) is 0 Å². The Morgan fingerprint density at radius 3 is 2.77 bits per heavy atom. The van der Waals surface area contributed by atoms with Gasteiger partial charge in [-0.25, -0.2) is 9.35 Å². The summed E-state index contributed by atoms with van der Waals surface area (Å²) >= 11 is 0. The molecule has 0 fully saturated rings. The molecule has 1 aliphatic carbocycles. The summed E-state index contributed by atoms with van der Waals surface area (Å²) in [5, 5.41) is 5.13. The zero-order valence-electron chi connectivity index (χ0n) is 7.40. The second-order valence-electron chi connectivity index (χ2n) is 2.90. The lowest BCUT2D eigenvalue weighted by molar-refractivity contribution is -0.113. The van der Waals surface area contributed by atoms with E-state index in [4.69, 9.17) is 5.14 Å². The van der Waals surface area contributed by atoms with Crippen molar-refractivity contribution >= 4 is 15.8 Å². The minimum Gasteiger partial charge on any atom is -0.266 e. The Bertz CT molecular complexity index is 379. The van der Waals surface area contributed by atoms with E-state index in [0.717, 1.165) is 12.8 Å². The molecule has 72 valence electrons. The Hall–Kier alpha value is -0.940. The van der Waals surface area contributed by atoms with E-state index in [9.17, 15) is 9.00 Å². The van der Waals surface area contributed by atoms with E-state index in [1.165, 1.54) is 6.26 Å². The van der Waals surface area contributed by atoms with Crippen molar-refractivity contribution in [3.63, 3.8) is 0 Å². The van der Waals surface area contributed by atoms with Crippen molar-refractivity contribution in [1.82, 2.24) is 0 Å². The smallest absolute Gasteiger partial charge is 0.266 e. The Labute approximate surface area is 77.8 Å². The lowest BCUT2D eigenvalue weighted by Gasteiger charge is -2.02. The first kappa shape index (κ1) is 10.1. The summed E-state index contributed by atoms with van der Waals surface area (Å²) in [5.41, 5.74) is 0.478. The number of nitrogens with zero attached hydrogens (tertiary/aromatic N) is 1. The average Bonchev–Trinajstić information content (AvgIpc) is 2.03. The van der Waals surface area contributed by atoms with Gasteiger partial charge in [-0.1, -0.05) is 18.2 Å². The molecule has 0 radical (unpaired) electrons. The summed E-state index contributed by atoms with van der Waals surface area (Å²) in [6, 6.07) is 0. The molecule has 1 unspecified atom stereocenters. The summed E-state index contributed by atoms with van der Waals surface area (Å²) in [4.78, 5) is 11.3.